The number of nitrogens with zero attached hydrogens (tertiary/aromatic N) is 4. The van der Waals surface area contributed by atoms with Crippen LogP contribution >= 0.6 is 0 Å². The number of likely N-dealkylation sites (tertiary alicyclic amines) is 1. The van der Waals surface area contributed by atoms with Gasteiger partial charge in [0.2, 0.25) is 10.0 Å². The molecule has 1 unspecified atom stereocenters. The van der Waals surface area contributed by atoms with E-state index >= 15 is 0 Å². The molecule has 1 aliphatic rings. The maximum atomic E-state index is 12.9. The van der Waals surface area contributed by atoms with Crippen LogP contribution < -0.4 is 4.72 Å². The maximum Gasteiger partial charge on any atom is 0.242 e. The van der Waals surface area contributed by atoms with Gasteiger partial charge >= 0.3 is 0 Å². The summed E-state index contributed by atoms with van der Waals surface area (Å²) in [6, 6.07) is 8.94. The molecule has 1 aliphatic heterocycles. The van der Waals surface area contributed by atoms with E-state index < -0.39 is 10.0 Å². The third-order valence-electron chi connectivity index (χ3n) is 5.56. The second-order valence-electron chi connectivity index (χ2n) is 7.56. The second kappa shape index (κ2) is 8.61. The lowest BCUT2D eigenvalue weighted by molar-refractivity contribution is 0.163. The molecule has 1 atom stereocenters. The number of fused-ring (bicyclic) bond motifs is 1. The Morgan fingerprint density at radius 2 is 2.03 bits per heavy atom. The zero-order valence-electron chi connectivity index (χ0n) is 16.7. The van der Waals surface area contributed by atoms with Gasteiger partial charge in [0.15, 0.2) is 0 Å². The molecule has 0 amide bonds. The van der Waals surface area contributed by atoms with Gasteiger partial charge in [-0.3, -0.25) is 9.88 Å². The van der Waals surface area contributed by atoms with Crippen molar-refractivity contribution in [1.29, 1.82) is 0 Å². The van der Waals surface area contributed by atoms with E-state index in [0.29, 0.717) is 12.1 Å². The van der Waals surface area contributed by atoms with Crippen molar-refractivity contribution in [1.82, 2.24) is 24.2 Å². The van der Waals surface area contributed by atoms with Gasteiger partial charge in [-0.1, -0.05) is 18.2 Å². The van der Waals surface area contributed by atoms with Crippen LogP contribution in [0.2, 0.25) is 0 Å². The Morgan fingerprint density at radius 3 is 2.90 bits per heavy atom. The predicted molar refractivity (Wildman–Crippen MR) is 113 cm³/mol. The molecule has 8 heteroatoms. The van der Waals surface area contributed by atoms with E-state index in [2.05, 4.69) is 31.1 Å². The Morgan fingerprint density at radius 1 is 1.17 bits per heavy atom. The first-order valence-corrected chi connectivity index (χ1v) is 11.6. The molecule has 0 spiro atoms. The van der Waals surface area contributed by atoms with E-state index in [1.165, 1.54) is 0 Å². The summed E-state index contributed by atoms with van der Waals surface area (Å²) in [5, 5.41) is 0.825. The topological polar surface area (TPSA) is 80.1 Å². The van der Waals surface area contributed by atoms with Crippen molar-refractivity contribution < 1.29 is 8.42 Å². The maximum absolute atomic E-state index is 12.9. The molecule has 1 fully saturated rings. The van der Waals surface area contributed by atoms with Crippen LogP contribution in [0.3, 0.4) is 0 Å². The van der Waals surface area contributed by atoms with E-state index in [1.807, 2.05) is 30.6 Å². The Kier molecular flexibility index (Phi) is 5.94. The molecule has 1 N–H and O–H groups in total. The van der Waals surface area contributed by atoms with Crippen LogP contribution in [-0.2, 0) is 23.1 Å². The minimum absolute atomic E-state index is 0.244. The van der Waals surface area contributed by atoms with E-state index in [4.69, 9.17) is 0 Å². The molecule has 1 saturated heterocycles. The summed E-state index contributed by atoms with van der Waals surface area (Å²) >= 11 is 0. The fourth-order valence-corrected chi connectivity index (χ4v) is 5.33. The molecule has 2 aromatic heterocycles. The van der Waals surface area contributed by atoms with Crippen LogP contribution in [0.15, 0.2) is 53.8 Å². The van der Waals surface area contributed by atoms with Crippen molar-refractivity contribution in [2.75, 3.05) is 19.6 Å². The van der Waals surface area contributed by atoms with Gasteiger partial charge < -0.3 is 4.57 Å². The van der Waals surface area contributed by atoms with Crippen molar-refractivity contribution in [3.63, 3.8) is 0 Å². The summed E-state index contributed by atoms with van der Waals surface area (Å²) in [7, 11) is -3.61. The normalized spacial score (nSPS) is 18.3. The molecular weight excluding hydrogens is 386 g/mol. The molecule has 7 nitrogen and oxygen atoms in total. The van der Waals surface area contributed by atoms with Crippen LogP contribution in [0.5, 0.6) is 0 Å². The van der Waals surface area contributed by atoms with Crippen molar-refractivity contribution in [3.05, 3.63) is 54.7 Å². The summed E-state index contributed by atoms with van der Waals surface area (Å²) < 4.78 is 30.8. The lowest BCUT2D eigenvalue weighted by Crippen LogP contribution is -2.41. The van der Waals surface area contributed by atoms with Gasteiger partial charge in [-0.2, -0.15) is 0 Å². The lowest BCUT2D eigenvalue weighted by Gasteiger charge is -2.32. The summed E-state index contributed by atoms with van der Waals surface area (Å²) in [4.78, 5) is 11.4. The van der Waals surface area contributed by atoms with Crippen LogP contribution in [0, 0.1) is 5.92 Å². The number of rotatable bonds is 7. The number of pyridine rings is 1. The van der Waals surface area contributed by atoms with Crippen LogP contribution in [-0.4, -0.2) is 47.5 Å². The van der Waals surface area contributed by atoms with E-state index in [9.17, 15) is 8.42 Å². The Hall–Kier alpha value is -2.29. The minimum Gasteiger partial charge on any atom is -0.334 e. The number of hydrogen-bond acceptors (Lipinski definition) is 5. The molecule has 1 aromatic carbocycles. The van der Waals surface area contributed by atoms with Gasteiger partial charge in [0, 0.05) is 43.6 Å². The van der Waals surface area contributed by atoms with E-state index in [-0.39, 0.29) is 10.8 Å². The highest BCUT2D eigenvalue weighted by atomic mass is 32.2. The monoisotopic (exact) mass is 413 g/mol. The summed E-state index contributed by atoms with van der Waals surface area (Å²) in [5.74, 6) is 1.35. The Labute approximate surface area is 171 Å². The first kappa shape index (κ1) is 20.0. The SMILES string of the molecule is CCn1ccnc1CN1CCCC(CNS(=O)(=O)c2cccc3cccnc23)C1. The molecular formula is C21H27N5O2S. The van der Waals surface area contributed by atoms with Crippen molar-refractivity contribution in [2.45, 2.75) is 37.8 Å². The number of para-hydroxylation sites is 1. The summed E-state index contributed by atoms with van der Waals surface area (Å²) in [5.41, 5.74) is 0.513. The molecule has 154 valence electrons. The average molecular weight is 414 g/mol. The van der Waals surface area contributed by atoms with E-state index in [1.54, 1.807) is 18.3 Å². The number of piperidine rings is 1. The predicted octanol–water partition coefficient (Wildman–Crippen LogP) is 2.64. The number of imidazole rings is 1. The third-order valence-corrected chi connectivity index (χ3v) is 7.01. The first-order chi connectivity index (χ1) is 14.1. The number of sulfonamides is 1. The molecule has 3 heterocycles. The highest BCUT2D eigenvalue weighted by Gasteiger charge is 2.24. The van der Waals surface area contributed by atoms with E-state index in [0.717, 1.165) is 50.2 Å². The Bertz CT molecular complexity index is 1070. The van der Waals surface area contributed by atoms with Gasteiger partial charge in [0.25, 0.3) is 0 Å². The molecule has 4 rings (SSSR count). The average Bonchev–Trinajstić information content (AvgIpc) is 3.19. The number of hydrogen-bond donors (Lipinski definition) is 1. The molecule has 0 saturated carbocycles. The van der Waals surface area contributed by atoms with Gasteiger partial charge in [-0.25, -0.2) is 18.1 Å². The van der Waals surface area contributed by atoms with Crippen molar-refractivity contribution >= 4 is 20.9 Å². The van der Waals surface area contributed by atoms with Gasteiger partial charge in [-0.05, 0) is 44.4 Å². The zero-order chi connectivity index (χ0) is 20.3. The highest BCUT2D eigenvalue weighted by Crippen LogP contribution is 2.22. The van der Waals surface area contributed by atoms with Crippen LogP contribution in [0.1, 0.15) is 25.6 Å². The molecule has 0 aliphatic carbocycles. The van der Waals surface area contributed by atoms with Crippen molar-refractivity contribution in [3.8, 4) is 0 Å². The third kappa shape index (κ3) is 4.49. The summed E-state index contributed by atoms with van der Waals surface area (Å²) in [6.07, 6.45) is 7.56. The highest BCUT2D eigenvalue weighted by molar-refractivity contribution is 7.89. The molecule has 3 aromatic rings. The lowest BCUT2D eigenvalue weighted by atomic mass is 9.98. The quantitative estimate of drug-likeness (QED) is 0.644. The minimum atomic E-state index is -3.61. The first-order valence-electron chi connectivity index (χ1n) is 10.1. The van der Waals surface area contributed by atoms with Gasteiger partial charge in [-0.15, -0.1) is 0 Å². The van der Waals surface area contributed by atoms with Crippen molar-refractivity contribution in [2.24, 2.45) is 5.92 Å². The Balaban J connectivity index is 1.41. The van der Waals surface area contributed by atoms with Gasteiger partial charge in [0.1, 0.15) is 10.7 Å². The smallest absolute Gasteiger partial charge is 0.242 e. The largest absolute Gasteiger partial charge is 0.334 e. The number of benzene rings is 1. The van der Waals surface area contributed by atoms with Crippen LogP contribution in [0.25, 0.3) is 10.9 Å². The number of aromatic nitrogens is 3. The number of nitrogens with one attached hydrogen (secondary N) is 1. The van der Waals surface area contributed by atoms with Gasteiger partial charge in [0.05, 0.1) is 12.1 Å². The zero-order valence-corrected chi connectivity index (χ0v) is 17.5. The summed E-state index contributed by atoms with van der Waals surface area (Å²) in [6.45, 7) is 6.15. The number of aryl methyl sites for hydroxylation is 1. The molecule has 0 radical (unpaired) electrons. The van der Waals surface area contributed by atoms with Crippen LogP contribution in [0.4, 0.5) is 0 Å². The fourth-order valence-electron chi connectivity index (χ4n) is 4.04. The second-order valence-corrected chi connectivity index (χ2v) is 9.29. The molecule has 0 bridgehead atoms. The standard InChI is InChI=1S/C21H27N5O2S/c1-2-26-13-11-22-20(26)16-25-12-5-6-17(15-25)14-24-29(27,28)19-9-3-7-18-8-4-10-23-21(18)19/h3-4,7-11,13,17,24H,2,5-6,12,14-16H2,1H3. The fraction of sp³-hybridized carbons (Fsp3) is 0.429. The molecule has 29 heavy (non-hydrogen) atoms.